The number of hydrogen-bond donors (Lipinski definition) is 2. The van der Waals surface area contributed by atoms with Crippen molar-refractivity contribution in [1.29, 1.82) is 0 Å². The summed E-state index contributed by atoms with van der Waals surface area (Å²) >= 11 is 0. The third-order valence-electron chi connectivity index (χ3n) is 3.86. The Balaban J connectivity index is 2.37. The van der Waals surface area contributed by atoms with Gasteiger partial charge in [0.25, 0.3) is 5.91 Å². The van der Waals surface area contributed by atoms with Gasteiger partial charge in [-0.2, -0.15) is 0 Å². The Kier molecular flexibility index (Phi) is 4.43. The van der Waals surface area contributed by atoms with Crippen LogP contribution in [0.1, 0.15) is 37.0 Å². The molecule has 0 bridgehead atoms. The summed E-state index contributed by atoms with van der Waals surface area (Å²) in [5.74, 6) is -0.309. The summed E-state index contributed by atoms with van der Waals surface area (Å²) in [7, 11) is 0. The Morgan fingerprint density at radius 2 is 1.95 bits per heavy atom. The monoisotopic (exact) mass is 287 g/mol. The molecule has 5 heteroatoms. The molecule has 0 saturated carbocycles. The van der Waals surface area contributed by atoms with E-state index >= 15 is 0 Å². The highest BCUT2D eigenvalue weighted by atomic mass is 16.5. The lowest BCUT2D eigenvalue weighted by Gasteiger charge is -2.26. The summed E-state index contributed by atoms with van der Waals surface area (Å²) in [5.41, 5.74) is 12.2. The number of rotatable bonds is 6. The molecule has 0 aliphatic rings. The first-order valence-electron chi connectivity index (χ1n) is 7.10. The van der Waals surface area contributed by atoms with Crippen LogP contribution in [0.3, 0.4) is 0 Å². The molecule has 0 atom stereocenters. The van der Waals surface area contributed by atoms with Gasteiger partial charge in [0.15, 0.2) is 0 Å². The van der Waals surface area contributed by atoms with Gasteiger partial charge in [-0.1, -0.05) is 32.0 Å². The van der Waals surface area contributed by atoms with Crippen LogP contribution >= 0.6 is 0 Å². The van der Waals surface area contributed by atoms with Crippen molar-refractivity contribution in [2.45, 2.75) is 32.2 Å². The summed E-state index contributed by atoms with van der Waals surface area (Å²) in [6.45, 7) is 4.32. The number of fused-ring (bicyclic) bond motifs is 1. The summed E-state index contributed by atoms with van der Waals surface area (Å²) in [6, 6.07) is 9.21. The van der Waals surface area contributed by atoms with Gasteiger partial charge in [-0.25, -0.2) is 4.98 Å². The standard InChI is InChI=1S/C16H21N3O2/c1-3-16(18,4-2)10-21-15-12(14(17)20)9-11-7-5-6-8-13(11)19-15/h5-9H,3-4,10,18H2,1-2H3,(H2,17,20). The molecule has 0 fully saturated rings. The summed E-state index contributed by atoms with van der Waals surface area (Å²) in [5, 5.41) is 0.851. The molecule has 0 spiro atoms. The van der Waals surface area contributed by atoms with Gasteiger partial charge in [-0.3, -0.25) is 4.79 Å². The minimum absolute atomic E-state index is 0.248. The van der Waals surface area contributed by atoms with Crippen molar-refractivity contribution in [2.75, 3.05) is 6.61 Å². The fraction of sp³-hybridized carbons (Fsp3) is 0.375. The van der Waals surface area contributed by atoms with E-state index in [9.17, 15) is 4.79 Å². The fourth-order valence-electron chi connectivity index (χ4n) is 2.05. The molecule has 2 rings (SSSR count). The molecule has 0 saturated heterocycles. The minimum atomic E-state index is -0.557. The summed E-state index contributed by atoms with van der Waals surface area (Å²) in [6.07, 6.45) is 1.56. The van der Waals surface area contributed by atoms with Crippen molar-refractivity contribution in [3.05, 3.63) is 35.9 Å². The van der Waals surface area contributed by atoms with E-state index in [-0.39, 0.29) is 11.4 Å². The molecule has 0 unspecified atom stereocenters. The normalized spacial score (nSPS) is 11.6. The SMILES string of the molecule is CCC(N)(CC)COc1nc2ccccc2cc1C(N)=O. The van der Waals surface area contributed by atoms with Crippen LogP contribution in [0.4, 0.5) is 0 Å². The van der Waals surface area contributed by atoms with Crippen LogP contribution in [-0.2, 0) is 0 Å². The maximum atomic E-state index is 11.6. The quantitative estimate of drug-likeness (QED) is 0.852. The molecule has 21 heavy (non-hydrogen) atoms. The average molecular weight is 287 g/mol. The maximum Gasteiger partial charge on any atom is 0.254 e. The molecule has 2 aromatic rings. The topological polar surface area (TPSA) is 91.2 Å². The van der Waals surface area contributed by atoms with E-state index in [1.54, 1.807) is 6.07 Å². The van der Waals surface area contributed by atoms with E-state index in [2.05, 4.69) is 4.98 Å². The minimum Gasteiger partial charge on any atom is -0.475 e. The van der Waals surface area contributed by atoms with E-state index in [1.807, 2.05) is 38.1 Å². The number of nitrogens with two attached hydrogens (primary N) is 2. The lowest BCUT2D eigenvalue weighted by atomic mass is 9.96. The van der Waals surface area contributed by atoms with Gasteiger partial charge >= 0.3 is 0 Å². The Bertz CT molecular complexity index is 651. The van der Waals surface area contributed by atoms with Crippen LogP contribution < -0.4 is 16.2 Å². The van der Waals surface area contributed by atoms with Gasteiger partial charge in [0.1, 0.15) is 12.2 Å². The Morgan fingerprint density at radius 3 is 2.57 bits per heavy atom. The van der Waals surface area contributed by atoms with Gasteiger partial charge in [0.2, 0.25) is 5.88 Å². The number of benzene rings is 1. The van der Waals surface area contributed by atoms with Crippen LogP contribution in [0, 0.1) is 0 Å². The smallest absolute Gasteiger partial charge is 0.254 e. The second-order valence-corrected chi connectivity index (χ2v) is 5.26. The number of nitrogens with zero attached hydrogens (tertiary/aromatic N) is 1. The Labute approximate surface area is 124 Å². The van der Waals surface area contributed by atoms with E-state index in [1.165, 1.54) is 0 Å². The highest BCUT2D eigenvalue weighted by Crippen LogP contribution is 2.23. The molecular weight excluding hydrogens is 266 g/mol. The van der Waals surface area contributed by atoms with E-state index in [4.69, 9.17) is 16.2 Å². The van der Waals surface area contributed by atoms with Gasteiger partial charge in [-0.15, -0.1) is 0 Å². The molecule has 1 aromatic heterocycles. The lowest BCUT2D eigenvalue weighted by Crippen LogP contribution is -2.44. The molecule has 1 heterocycles. The second-order valence-electron chi connectivity index (χ2n) is 5.26. The summed E-state index contributed by atoms with van der Waals surface area (Å²) < 4.78 is 5.72. The van der Waals surface area contributed by atoms with Crippen molar-refractivity contribution in [3.63, 3.8) is 0 Å². The molecule has 0 radical (unpaired) electrons. The zero-order valence-corrected chi connectivity index (χ0v) is 12.4. The Morgan fingerprint density at radius 1 is 1.29 bits per heavy atom. The van der Waals surface area contributed by atoms with Crippen LogP contribution in [0.2, 0.25) is 0 Å². The third kappa shape index (κ3) is 3.31. The molecule has 0 aliphatic heterocycles. The van der Waals surface area contributed by atoms with Gasteiger partial charge in [-0.05, 0) is 25.0 Å². The van der Waals surface area contributed by atoms with E-state index < -0.39 is 11.4 Å². The highest BCUT2D eigenvalue weighted by molar-refractivity contribution is 5.98. The molecule has 1 aromatic carbocycles. The number of primary amides is 1. The van der Waals surface area contributed by atoms with Crippen molar-refractivity contribution >= 4 is 16.8 Å². The van der Waals surface area contributed by atoms with Crippen molar-refractivity contribution in [1.82, 2.24) is 4.98 Å². The van der Waals surface area contributed by atoms with Gasteiger partial charge in [0.05, 0.1) is 5.52 Å². The average Bonchev–Trinajstić information content (AvgIpc) is 2.51. The number of hydrogen-bond acceptors (Lipinski definition) is 4. The number of para-hydroxylation sites is 1. The molecule has 1 amide bonds. The lowest BCUT2D eigenvalue weighted by molar-refractivity contribution is 0.0993. The van der Waals surface area contributed by atoms with Crippen molar-refractivity contribution in [3.8, 4) is 5.88 Å². The zero-order chi connectivity index (χ0) is 15.5. The Hall–Kier alpha value is -2.14. The van der Waals surface area contributed by atoms with Crippen LogP contribution in [0.5, 0.6) is 5.88 Å². The number of aromatic nitrogens is 1. The summed E-state index contributed by atoms with van der Waals surface area (Å²) in [4.78, 5) is 16.0. The molecule has 5 nitrogen and oxygen atoms in total. The number of amides is 1. The van der Waals surface area contributed by atoms with E-state index in [0.717, 1.165) is 23.7 Å². The number of ether oxygens (including phenoxy) is 1. The van der Waals surface area contributed by atoms with E-state index in [0.29, 0.717) is 6.61 Å². The predicted octanol–water partition coefficient (Wildman–Crippen LogP) is 2.23. The largest absolute Gasteiger partial charge is 0.475 e. The molecule has 4 N–H and O–H groups in total. The number of carbonyl (C=O) groups excluding carboxylic acids is 1. The second kappa shape index (κ2) is 6.10. The van der Waals surface area contributed by atoms with Crippen molar-refractivity contribution in [2.24, 2.45) is 11.5 Å². The van der Waals surface area contributed by atoms with Gasteiger partial charge < -0.3 is 16.2 Å². The highest BCUT2D eigenvalue weighted by Gasteiger charge is 2.23. The number of carbonyl (C=O) groups is 1. The van der Waals surface area contributed by atoms with Crippen LogP contribution in [0.25, 0.3) is 10.9 Å². The molecular formula is C16H21N3O2. The first-order valence-corrected chi connectivity index (χ1v) is 7.10. The third-order valence-corrected chi connectivity index (χ3v) is 3.86. The van der Waals surface area contributed by atoms with Crippen molar-refractivity contribution < 1.29 is 9.53 Å². The molecule has 112 valence electrons. The van der Waals surface area contributed by atoms with Crippen LogP contribution in [0.15, 0.2) is 30.3 Å². The first kappa shape index (κ1) is 15.3. The van der Waals surface area contributed by atoms with Gasteiger partial charge in [0, 0.05) is 10.9 Å². The first-order chi connectivity index (χ1) is 9.99. The maximum absolute atomic E-state index is 11.6. The number of pyridine rings is 1. The predicted molar refractivity (Wildman–Crippen MR) is 83.3 cm³/mol. The van der Waals surface area contributed by atoms with Crippen LogP contribution in [-0.4, -0.2) is 23.0 Å². The molecule has 0 aliphatic carbocycles. The fourth-order valence-corrected chi connectivity index (χ4v) is 2.05. The zero-order valence-electron chi connectivity index (χ0n) is 12.4.